The van der Waals surface area contributed by atoms with Gasteiger partial charge in [-0.1, -0.05) is 18.7 Å². The first-order valence-corrected chi connectivity index (χ1v) is 9.09. The van der Waals surface area contributed by atoms with E-state index in [1.165, 1.54) is 25.9 Å². The van der Waals surface area contributed by atoms with E-state index in [1.807, 2.05) is 12.3 Å². The molecule has 1 atom stereocenters. The maximum Gasteiger partial charge on any atom is 0.191 e. The Morgan fingerprint density at radius 2 is 2.00 bits per heavy atom. The van der Waals surface area contributed by atoms with Crippen LogP contribution in [0.3, 0.4) is 0 Å². The van der Waals surface area contributed by atoms with Crippen molar-refractivity contribution in [1.29, 1.82) is 0 Å². The molecule has 0 bridgehead atoms. The Bertz CT molecular complexity index is 434. The number of aromatic nitrogens is 2. The zero-order valence-corrected chi connectivity index (χ0v) is 14.2. The predicted molar refractivity (Wildman–Crippen MR) is 91.4 cm³/mol. The summed E-state index contributed by atoms with van der Waals surface area (Å²) < 4.78 is 0. The molecule has 0 aromatic carbocycles. The fourth-order valence-electron chi connectivity index (χ4n) is 2.58. The van der Waals surface area contributed by atoms with E-state index in [4.69, 9.17) is 0 Å². The lowest BCUT2D eigenvalue weighted by molar-refractivity contribution is 0.327. The summed E-state index contributed by atoms with van der Waals surface area (Å²) in [6.07, 6.45) is 5.77. The summed E-state index contributed by atoms with van der Waals surface area (Å²) in [4.78, 5) is 11.6. The number of thioether (sulfide) groups is 1. The Morgan fingerprint density at radius 3 is 2.67 bits per heavy atom. The average molecular weight is 309 g/mol. The van der Waals surface area contributed by atoms with Crippen molar-refractivity contribution in [2.24, 2.45) is 0 Å². The second kappa shape index (κ2) is 8.44. The first-order valence-electron chi connectivity index (χ1n) is 7.87. The second-order valence-electron chi connectivity index (χ2n) is 5.61. The SMILES string of the molecule is CCCNc1cc(NC(C)CN2CCCC2)nc(SC)n1. The Kier molecular flexibility index (Phi) is 6.57. The van der Waals surface area contributed by atoms with Gasteiger partial charge in [0.1, 0.15) is 11.6 Å². The first kappa shape index (κ1) is 16.4. The van der Waals surface area contributed by atoms with Crippen molar-refractivity contribution in [3.05, 3.63) is 6.07 Å². The van der Waals surface area contributed by atoms with Gasteiger partial charge in [0.15, 0.2) is 5.16 Å². The minimum atomic E-state index is 0.395. The molecule has 0 saturated carbocycles. The van der Waals surface area contributed by atoms with Crippen molar-refractivity contribution in [2.45, 2.75) is 44.3 Å². The largest absolute Gasteiger partial charge is 0.370 e. The molecule has 1 fully saturated rings. The topological polar surface area (TPSA) is 53.1 Å². The molecule has 0 amide bonds. The molecule has 2 heterocycles. The molecule has 0 radical (unpaired) electrons. The predicted octanol–water partition coefficient (Wildman–Crippen LogP) is 2.92. The van der Waals surface area contributed by atoms with Crippen LogP contribution in [0.2, 0.25) is 0 Å². The van der Waals surface area contributed by atoms with E-state index >= 15 is 0 Å². The van der Waals surface area contributed by atoms with Gasteiger partial charge in [-0.05, 0) is 45.5 Å². The molecule has 21 heavy (non-hydrogen) atoms. The molecular weight excluding hydrogens is 282 g/mol. The highest BCUT2D eigenvalue weighted by atomic mass is 32.2. The molecule has 2 rings (SSSR count). The van der Waals surface area contributed by atoms with Crippen molar-refractivity contribution >= 4 is 23.4 Å². The zero-order chi connectivity index (χ0) is 15.1. The minimum Gasteiger partial charge on any atom is -0.370 e. The van der Waals surface area contributed by atoms with Gasteiger partial charge in [0.25, 0.3) is 0 Å². The van der Waals surface area contributed by atoms with Gasteiger partial charge in [-0.15, -0.1) is 0 Å². The smallest absolute Gasteiger partial charge is 0.191 e. The quantitative estimate of drug-likeness (QED) is 0.569. The average Bonchev–Trinajstić information content (AvgIpc) is 2.97. The Labute approximate surface area is 132 Å². The number of nitrogens with one attached hydrogen (secondary N) is 2. The summed E-state index contributed by atoms with van der Waals surface area (Å²) >= 11 is 1.58. The van der Waals surface area contributed by atoms with E-state index < -0.39 is 0 Å². The van der Waals surface area contributed by atoms with Crippen LogP contribution in [0.4, 0.5) is 11.6 Å². The van der Waals surface area contributed by atoms with Crippen LogP contribution < -0.4 is 10.6 Å². The molecule has 0 aliphatic carbocycles. The first-order chi connectivity index (χ1) is 10.2. The van der Waals surface area contributed by atoms with Gasteiger partial charge in [-0.3, -0.25) is 0 Å². The summed E-state index contributed by atoms with van der Waals surface area (Å²) in [7, 11) is 0. The lowest BCUT2D eigenvalue weighted by Crippen LogP contribution is -2.33. The third kappa shape index (κ3) is 5.36. The Balaban J connectivity index is 1.96. The van der Waals surface area contributed by atoms with Gasteiger partial charge in [0, 0.05) is 25.2 Å². The monoisotopic (exact) mass is 309 g/mol. The maximum absolute atomic E-state index is 4.56. The molecule has 1 aliphatic rings. The summed E-state index contributed by atoms with van der Waals surface area (Å²) in [6.45, 7) is 8.85. The number of hydrogen-bond acceptors (Lipinski definition) is 6. The number of nitrogens with zero attached hydrogens (tertiary/aromatic N) is 3. The number of hydrogen-bond donors (Lipinski definition) is 2. The van der Waals surface area contributed by atoms with E-state index in [0.717, 1.165) is 36.3 Å². The van der Waals surface area contributed by atoms with Crippen LogP contribution in [-0.4, -0.2) is 53.3 Å². The molecule has 1 unspecified atom stereocenters. The van der Waals surface area contributed by atoms with Crippen LogP contribution >= 0.6 is 11.8 Å². The van der Waals surface area contributed by atoms with Gasteiger partial charge in [0.2, 0.25) is 0 Å². The Morgan fingerprint density at radius 1 is 1.29 bits per heavy atom. The van der Waals surface area contributed by atoms with Gasteiger partial charge < -0.3 is 15.5 Å². The summed E-state index contributed by atoms with van der Waals surface area (Å²) in [5.41, 5.74) is 0. The molecule has 1 aromatic rings. The standard InChI is InChI=1S/C15H27N5S/c1-4-7-16-13-10-14(19-15(18-13)21-3)17-12(2)11-20-8-5-6-9-20/h10,12H,4-9,11H2,1-3H3,(H2,16,17,18,19). The van der Waals surface area contributed by atoms with Gasteiger partial charge in [0.05, 0.1) is 0 Å². The highest BCUT2D eigenvalue weighted by Gasteiger charge is 2.15. The maximum atomic E-state index is 4.56. The van der Waals surface area contributed by atoms with Crippen LogP contribution in [-0.2, 0) is 0 Å². The van der Waals surface area contributed by atoms with Crippen molar-refractivity contribution < 1.29 is 0 Å². The van der Waals surface area contributed by atoms with Crippen LogP contribution in [0.5, 0.6) is 0 Å². The van der Waals surface area contributed by atoms with E-state index in [2.05, 4.69) is 39.3 Å². The van der Waals surface area contributed by atoms with E-state index in [-0.39, 0.29) is 0 Å². The van der Waals surface area contributed by atoms with Crippen molar-refractivity contribution in [1.82, 2.24) is 14.9 Å². The molecule has 1 aliphatic heterocycles. The third-order valence-corrected chi connectivity index (χ3v) is 4.12. The van der Waals surface area contributed by atoms with Crippen molar-refractivity contribution in [3.8, 4) is 0 Å². The van der Waals surface area contributed by atoms with Crippen LogP contribution in [0.25, 0.3) is 0 Å². The molecule has 2 N–H and O–H groups in total. The fourth-order valence-corrected chi connectivity index (χ4v) is 2.96. The lowest BCUT2D eigenvalue weighted by Gasteiger charge is -2.22. The van der Waals surface area contributed by atoms with Crippen LogP contribution in [0, 0.1) is 0 Å². The molecule has 1 saturated heterocycles. The van der Waals surface area contributed by atoms with E-state index in [9.17, 15) is 0 Å². The van der Waals surface area contributed by atoms with Gasteiger partial charge in [-0.25, -0.2) is 9.97 Å². The molecule has 0 spiro atoms. The molecule has 1 aromatic heterocycles. The minimum absolute atomic E-state index is 0.395. The number of anilines is 2. The van der Waals surface area contributed by atoms with E-state index in [0.29, 0.717) is 6.04 Å². The highest BCUT2D eigenvalue weighted by molar-refractivity contribution is 7.98. The van der Waals surface area contributed by atoms with Gasteiger partial charge >= 0.3 is 0 Å². The van der Waals surface area contributed by atoms with Crippen LogP contribution in [0.1, 0.15) is 33.1 Å². The number of rotatable bonds is 8. The lowest BCUT2D eigenvalue weighted by atomic mass is 10.3. The number of likely N-dealkylation sites (tertiary alicyclic amines) is 1. The Hall–Kier alpha value is -1.01. The van der Waals surface area contributed by atoms with Crippen molar-refractivity contribution in [3.63, 3.8) is 0 Å². The van der Waals surface area contributed by atoms with Crippen LogP contribution in [0.15, 0.2) is 11.2 Å². The molecule has 118 valence electrons. The highest BCUT2D eigenvalue weighted by Crippen LogP contribution is 2.18. The van der Waals surface area contributed by atoms with E-state index in [1.54, 1.807) is 11.8 Å². The fraction of sp³-hybridized carbons (Fsp3) is 0.733. The summed E-state index contributed by atoms with van der Waals surface area (Å²) in [5, 5.41) is 7.67. The molecule has 6 heteroatoms. The summed E-state index contributed by atoms with van der Waals surface area (Å²) in [5.74, 6) is 1.83. The molecule has 5 nitrogen and oxygen atoms in total. The molecular formula is C15H27N5S. The normalized spacial score (nSPS) is 16.9. The van der Waals surface area contributed by atoms with Crippen molar-refractivity contribution in [2.75, 3.05) is 43.1 Å². The van der Waals surface area contributed by atoms with Gasteiger partial charge in [-0.2, -0.15) is 0 Å². The second-order valence-corrected chi connectivity index (χ2v) is 6.38. The zero-order valence-electron chi connectivity index (χ0n) is 13.4. The third-order valence-electron chi connectivity index (χ3n) is 3.57. The summed E-state index contributed by atoms with van der Waals surface area (Å²) in [6, 6.07) is 2.40.